The predicted molar refractivity (Wildman–Crippen MR) is 79.2 cm³/mol. The van der Waals surface area contributed by atoms with Gasteiger partial charge >= 0.3 is 0 Å². The number of fused-ring (bicyclic) bond motifs is 1. The molecule has 106 valence electrons. The van der Waals surface area contributed by atoms with Crippen LogP contribution in [0.25, 0.3) is 0 Å². The van der Waals surface area contributed by atoms with Crippen molar-refractivity contribution >= 4 is 5.91 Å². The summed E-state index contributed by atoms with van der Waals surface area (Å²) in [7, 11) is 0. The zero-order chi connectivity index (χ0) is 14.6. The molecular weight excluding hydrogens is 248 g/mol. The third kappa shape index (κ3) is 2.70. The predicted octanol–water partition coefficient (Wildman–Crippen LogP) is 3.31. The maximum absolute atomic E-state index is 12.6. The first kappa shape index (κ1) is 14.6. The monoisotopic (exact) mass is 270 g/mol. The third-order valence-electron chi connectivity index (χ3n) is 4.47. The molecule has 1 aliphatic rings. The Balaban J connectivity index is 2.21. The summed E-state index contributed by atoms with van der Waals surface area (Å²) < 4.78 is 0. The van der Waals surface area contributed by atoms with Crippen LogP contribution >= 0.6 is 0 Å². The van der Waals surface area contributed by atoms with E-state index < -0.39 is 5.54 Å². The molecule has 3 heteroatoms. The molecule has 0 radical (unpaired) electrons. The van der Waals surface area contributed by atoms with Gasteiger partial charge in [0.1, 0.15) is 5.54 Å². The van der Waals surface area contributed by atoms with E-state index in [-0.39, 0.29) is 11.8 Å². The Morgan fingerprint density at radius 3 is 2.75 bits per heavy atom. The number of carbonyl (C=O) groups excluding carboxylic acids is 1. The Hall–Kier alpha value is -1.82. The van der Waals surface area contributed by atoms with Crippen molar-refractivity contribution in [1.29, 1.82) is 5.26 Å². The number of hydrogen-bond acceptors (Lipinski definition) is 2. The van der Waals surface area contributed by atoms with Gasteiger partial charge in [0, 0.05) is 0 Å². The molecule has 1 unspecified atom stereocenters. The van der Waals surface area contributed by atoms with Crippen molar-refractivity contribution in [2.45, 2.75) is 57.4 Å². The van der Waals surface area contributed by atoms with Gasteiger partial charge in [-0.15, -0.1) is 0 Å². The Bertz CT molecular complexity index is 526. The van der Waals surface area contributed by atoms with E-state index in [4.69, 9.17) is 0 Å². The fraction of sp³-hybridized carbons (Fsp3) is 0.529. The molecule has 1 aromatic carbocycles. The summed E-state index contributed by atoms with van der Waals surface area (Å²) in [5.74, 6) is -0.104. The second-order valence-electron chi connectivity index (χ2n) is 5.53. The van der Waals surface area contributed by atoms with Crippen molar-refractivity contribution in [2.75, 3.05) is 0 Å². The van der Waals surface area contributed by atoms with E-state index in [1.165, 1.54) is 5.56 Å². The molecule has 1 N–H and O–H groups in total. The van der Waals surface area contributed by atoms with Gasteiger partial charge in [0.25, 0.3) is 0 Å². The smallest absolute Gasteiger partial charge is 0.228 e. The summed E-state index contributed by atoms with van der Waals surface area (Å²) >= 11 is 0. The molecule has 1 amide bonds. The van der Waals surface area contributed by atoms with Gasteiger partial charge in [-0.3, -0.25) is 4.79 Å². The van der Waals surface area contributed by atoms with Gasteiger partial charge in [-0.2, -0.15) is 5.26 Å². The lowest BCUT2D eigenvalue weighted by Crippen LogP contribution is -2.48. The second-order valence-corrected chi connectivity index (χ2v) is 5.53. The van der Waals surface area contributed by atoms with Crippen LogP contribution in [0.5, 0.6) is 0 Å². The third-order valence-corrected chi connectivity index (χ3v) is 4.47. The molecule has 20 heavy (non-hydrogen) atoms. The first-order valence-corrected chi connectivity index (χ1v) is 7.47. The summed E-state index contributed by atoms with van der Waals surface area (Å²) in [5.41, 5.74) is 1.69. The molecule has 0 aliphatic heterocycles. The molecular formula is C17H22N2O. The van der Waals surface area contributed by atoms with Gasteiger partial charge < -0.3 is 5.32 Å². The van der Waals surface area contributed by atoms with Crippen molar-refractivity contribution < 1.29 is 4.79 Å². The molecule has 2 rings (SSSR count). The molecule has 0 bridgehead atoms. The number of nitrogens with one attached hydrogen (secondary N) is 1. The van der Waals surface area contributed by atoms with Crippen LogP contribution in [0.2, 0.25) is 0 Å². The van der Waals surface area contributed by atoms with E-state index >= 15 is 0 Å². The highest BCUT2D eigenvalue weighted by atomic mass is 16.2. The van der Waals surface area contributed by atoms with E-state index in [9.17, 15) is 10.1 Å². The fourth-order valence-electron chi connectivity index (χ4n) is 2.96. The largest absolute Gasteiger partial charge is 0.337 e. The van der Waals surface area contributed by atoms with Gasteiger partial charge in [0.2, 0.25) is 5.91 Å². The highest BCUT2D eigenvalue weighted by Gasteiger charge is 2.33. The Kier molecular flexibility index (Phi) is 4.44. The van der Waals surface area contributed by atoms with E-state index in [1.54, 1.807) is 0 Å². The summed E-state index contributed by atoms with van der Waals surface area (Å²) in [6, 6.07) is 10.4. The van der Waals surface area contributed by atoms with Crippen LogP contribution < -0.4 is 5.32 Å². The van der Waals surface area contributed by atoms with Crippen LogP contribution in [-0.2, 0) is 11.2 Å². The van der Waals surface area contributed by atoms with Crippen LogP contribution in [0.3, 0.4) is 0 Å². The highest BCUT2D eigenvalue weighted by Crippen LogP contribution is 2.32. The molecule has 1 aromatic rings. The first-order valence-electron chi connectivity index (χ1n) is 7.47. The van der Waals surface area contributed by atoms with Gasteiger partial charge in [-0.05, 0) is 43.2 Å². The van der Waals surface area contributed by atoms with Crippen LogP contribution in [0.1, 0.15) is 56.6 Å². The van der Waals surface area contributed by atoms with Crippen LogP contribution in [0, 0.1) is 11.3 Å². The zero-order valence-corrected chi connectivity index (χ0v) is 12.3. The number of rotatable bonds is 4. The van der Waals surface area contributed by atoms with E-state index in [2.05, 4.69) is 17.5 Å². The number of aryl methyl sites for hydroxylation is 1. The topological polar surface area (TPSA) is 52.9 Å². The van der Waals surface area contributed by atoms with Crippen molar-refractivity contribution in [3.63, 3.8) is 0 Å². The van der Waals surface area contributed by atoms with E-state index in [0.29, 0.717) is 12.8 Å². The fourth-order valence-corrected chi connectivity index (χ4v) is 2.96. The van der Waals surface area contributed by atoms with Gasteiger partial charge in [-0.25, -0.2) is 0 Å². The molecule has 0 saturated heterocycles. The average Bonchev–Trinajstić information content (AvgIpc) is 2.52. The maximum atomic E-state index is 12.6. The number of benzene rings is 1. The zero-order valence-electron chi connectivity index (χ0n) is 12.3. The van der Waals surface area contributed by atoms with Crippen molar-refractivity contribution in [3.05, 3.63) is 35.4 Å². The van der Waals surface area contributed by atoms with E-state index in [0.717, 1.165) is 24.8 Å². The molecule has 1 aliphatic carbocycles. The molecule has 0 aromatic heterocycles. The minimum atomic E-state index is -0.719. The van der Waals surface area contributed by atoms with Crippen LogP contribution in [-0.4, -0.2) is 11.4 Å². The maximum Gasteiger partial charge on any atom is 0.228 e. The minimum absolute atomic E-state index is 0.00222. The number of nitrogens with zero attached hydrogens (tertiary/aromatic N) is 1. The summed E-state index contributed by atoms with van der Waals surface area (Å²) in [6.07, 6.45) is 4.23. The quantitative estimate of drug-likeness (QED) is 0.912. The lowest BCUT2D eigenvalue weighted by atomic mass is 9.81. The Morgan fingerprint density at radius 1 is 1.40 bits per heavy atom. The first-order chi connectivity index (χ1) is 9.65. The second kappa shape index (κ2) is 6.09. The van der Waals surface area contributed by atoms with Gasteiger partial charge in [0.05, 0.1) is 12.0 Å². The molecule has 0 fully saturated rings. The number of amides is 1. The van der Waals surface area contributed by atoms with Crippen molar-refractivity contribution in [2.24, 2.45) is 0 Å². The van der Waals surface area contributed by atoms with E-state index in [1.807, 2.05) is 32.0 Å². The Morgan fingerprint density at radius 2 is 2.10 bits per heavy atom. The SMILES string of the molecule is CCC(C#N)(CC)NC(=O)C1CCCc2ccccc21. The summed E-state index contributed by atoms with van der Waals surface area (Å²) in [6.45, 7) is 3.89. The molecule has 0 saturated carbocycles. The van der Waals surface area contributed by atoms with Crippen molar-refractivity contribution in [3.8, 4) is 6.07 Å². The normalized spacial score (nSPS) is 17.9. The lowest BCUT2D eigenvalue weighted by molar-refractivity contribution is -0.124. The molecule has 3 nitrogen and oxygen atoms in total. The minimum Gasteiger partial charge on any atom is -0.337 e. The number of carbonyl (C=O) groups is 1. The molecule has 1 atom stereocenters. The lowest BCUT2D eigenvalue weighted by Gasteiger charge is -2.30. The Labute approximate surface area is 121 Å². The van der Waals surface area contributed by atoms with Gasteiger partial charge in [-0.1, -0.05) is 38.1 Å². The molecule has 0 heterocycles. The summed E-state index contributed by atoms with van der Waals surface area (Å²) in [4.78, 5) is 12.6. The van der Waals surface area contributed by atoms with Crippen LogP contribution in [0.15, 0.2) is 24.3 Å². The van der Waals surface area contributed by atoms with Gasteiger partial charge in [0.15, 0.2) is 0 Å². The highest BCUT2D eigenvalue weighted by molar-refractivity contribution is 5.85. The standard InChI is InChI=1S/C17H22N2O/c1-3-17(4-2,12-18)19-16(20)15-11-7-9-13-8-5-6-10-14(13)15/h5-6,8,10,15H,3-4,7,9,11H2,1-2H3,(H,19,20). The van der Waals surface area contributed by atoms with Crippen molar-refractivity contribution in [1.82, 2.24) is 5.32 Å². The molecule has 0 spiro atoms. The van der Waals surface area contributed by atoms with Crippen LogP contribution in [0.4, 0.5) is 0 Å². The number of nitriles is 1. The number of hydrogen-bond donors (Lipinski definition) is 1. The summed E-state index contributed by atoms with van der Waals surface area (Å²) in [5, 5.41) is 12.3. The average molecular weight is 270 g/mol.